The molecule has 1 heterocycles. The van der Waals surface area contributed by atoms with Crippen LogP contribution >= 0.6 is 0 Å². The highest BCUT2D eigenvalue weighted by molar-refractivity contribution is 6.45. The quantitative estimate of drug-likeness (QED) is 0.325. The first-order valence-electron chi connectivity index (χ1n) is 8.01. The van der Waals surface area contributed by atoms with E-state index in [0.29, 0.717) is 17.2 Å². The third-order valence-corrected chi connectivity index (χ3v) is 4.19. The van der Waals surface area contributed by atoms with Gasteiger partial charge in [0.05, 0.1) is 24.0 Å². The van der Waals surface area contributed by atoms with Gasteiger partial charge in [-0.05, 0) is 37.0 Å². The van der Waals surface area contributed by atoms with Crippen LogP contribution in [-0.2, 0) is 4.74 Å². The standard InChI is InChI=1S/C17H22N6O2/c1-11-5-7-23(8-6-11)15-4-3-12(17(24)25-2)9-13(15)21-22-14(10-18)16(19)20/h3-4,9,11,21H,5-8H2,1-2H3,(H3,19,20)/b22-14+. The predicted octanol–water partition coefficient (Wildman–Crippen LogP) is 1.94. The van der Waals surface area contributed by atoms with E-state index < -0.39 is 11.8 Å². The summed E-state index contributed by atoms with van der Waals surface area (Å²) in [6, 6.07) is 6.91. The molecule has 0 atom stereocenters. The van der Waals surface area contributed by atoms with Crippen LogP contribution in [0.5, 0.6) is 0 Å². The van der Waals surface area contributed by atoms with Crippen LogP contribution in [0.4, 0.5) is 11.4 Å². The van der Waals surface area contributed by atoms with Gasteiger partial charge in [0.1, 0.15) is 6.07 Å². The van der Waals surface area contributed by atoms with E-state index in [1.54, 1.807) is 18.2 Å². The van der Waals surface area contributed by atoms with Gasteiger partial charge in [-0.3, -0.25) is 10.8 Å². The van der Waals surface area contributed by atoms with Gasteiger partial charge in [0, 0.05) is 13.1 Å². The van der Waals surface area contributed by atoms with E-state index >= 15 is 0 Å². The van der Waals surface area contributed by atoms with Gasteiger partial charge in [-0.2, -0.15) is 10.4 Å². The summed E-state index contributed by atoms with van der Waals surface area (Å²) < 4.78 is 4.75. The number of nitrogens with one attached hydrogen (secondary N) is 2. The molecule has 1 fully saturated rings. The molecular formula is C17H22N6O2. The number of amidine groups is 1. The number of esters is 1. The lowest BCUT2D eigenvalue weighted by Gasteiger charge is -2.33. The van der Waals surface area contributed by atoms with E-state index in [2.05, 4.69) is 22.4 Å². The molecule has 0 amide bonds. The van der Waals surface area contributed by atoms with E-state index in [0.717, 1.165) is 31.6 Å². The number of piperidine rings is 1. The zero-order valence-corrected chi connectivity index (χ0v) is 14.4. The summed E-state index contributed by atoms with van der Waals surface area (Å²) in [5.74, 6) is -0.201. The Balaban J connectivity index is 2.36. The van der Waals surface area contributed by atoms with Gasteiger partial charge >= 0.3 is 5.97 Å². The molecule has 0 saturated carbocycles. The predicted molar refractivity (Wildman–Crippen MR) is 97.0 cm³/mol. The smallest absolute Gasteiger partial charge is 0.337 e. The van der Waals surface area contributed by atoms with Crippen LogP contribution in [0.1, 0.15) is 30.1 Å². The van der Waals surface area contributed by atoms with Crippen LogP contribution in [-0.4, -0.2) is 37.7 Å². The lowest BCUT2D eigenvalue weighted by atomic mass is 9.98. The highest BCUT2D eigenvalue weighted by Gasteiger charge is 2.20. The van der Waals surface area contributed by atoms with Gasteiger partial charge in [0.2, 0.25) is 5.71 Å². The lowest BCUT2D eigenvalue weighted by molar-refractivity contribution is 0.0601. The molecule has 1 aliphatic rings. The minimum atomic E-state index is -0.460. The number of anilines is 2. The van der Waals surface area contributed by atoms with Crippen molar-refractivity contribution >= 4 is 28.9 Å². The maximum atomic E-state index is 11.8. The van der Waals surface area contributed by atoms with Gasteiger partial charge in [-0.25, -0.2) is 4.79 Å². The Morgan fingerprint density at radius 3 is 2.72 bits per heavy atom. The van der Waals surface area contributed by atoms with Crippen molar-refractivity contribution in [1.29, 1.82) is 10.7 Å². The molecule has 1 aromatic rings. The summed E-state index contributed by atoms with van der Waals surface area (Å²) in [5.41, 5.74) is 9.67. The fourth-order valence-corrected chi connectivity index (χ4v) is 2.66. The molecule has 0 radical (unpaired) electrons. The first-order chi connectivity index (χ1) is 12.0. The third kappa shape index (κ3) is 4.47. The molecule has 25 heavy (non-hydrogen) atoms. The molecule has 0 bridgehead atoms. The number of hydrogen-bond donors (Lipinski definition) is 3. The number of nitrogens with zero attached hydrogens (tertiary/aromatic N) is 3. The van der Waals surface area contributed by atoms with Crippen LogP contribution in [0, 0.1) is 22.7 Å². The molecule has 8 nitrogen and oxygen atoms in total. The molecule has 8 heteroatoms. The van der Waals surface area contributed by atoms with Crippen molar-refractivity contribution < 1.29 is 9.53 Å². The highest BCUT2D eigenvalue weighted by atomic mass is 16.5. The van der Waals surface area contributed by atoms with Crippen molar-refractivity contribution in [1.82, 2.24) is 0 Å². The number of hydrazone groups is 1. The zero-order chi connectivity index (χ0) is 18.4. The SMILES string of the molecule is COC(=O)c1ccc(N2CCC(C)CC2)c(N/N=C(\C#N)C(=N)N)c1. The monoisotopic (exact) mass is 342 g/mol. The number of nitrogens with two attached hydrogens (primary N) is 1. The van der Waals surface area contributed by atoms with Gasteiger partial charge in [0.15, 0.2) is 5.84 Å². The maximum absolute atomic E-state index is 11.8. The highest BCUT2D eigenvalue weighted by Crippen LogP contribution is 2.31. The lowest BCUT2D eigenvalue weighted by Crippen LogP contribution is -2.33. The van der Waals surface area contributed by atoms with Crippen molar-refractivity contribution in [3.8, 4) is 6.07 Å². The molecule has 0 unspecified atom stereocenters. The molecule has 0 aliphatic carbocycles. The minimum Gasteiger partial charge on any atom is -0.465 e. The maximum Gasteiger partial charge on any atom is 0.337 e. The second-order valence-corrected chi connectivity index (χ2v) is 5.99. The van der Waals surface area contributed by atoms with E-state index in [4.69, 9.17) is 21.1 Å². The molecule has 4 N–H and O–H groups in total. The summed E-state index contributed by atoms with van der Waals surface area (Å²) >= 11 is 0. The summed E-state index contributed by atoms with van der Waals surface area (Å²) in [6.45, 7) is 4.02. The molecule has 1 aliphatic heterocycles. The number of nitriles is 1. The molecule has 132 valence electrons. The summed E-state index contributed by atoms with van der Waals surface area (Å²) in [5, 5.41) is 20.2. The van der Waals surface area contributed by atoms with Crippen molar-refractivity contribution in [2.24, 2.45) is 16.8 Å². The zero-order valence-electron chi connectivity index (χ0n) is 14.4. The number of benzene rings is 1. The van der Waals surface area contributed by atoms with Crippen LogP contribution in [0.25, 0.3) is 0 Å². The van der Waals surface area contributed by atoms with Crippen molar-refractivity contribution in [3.05, 3.63) is 23.8 Å². The molecule has 0 aromatic heterocycles. The average Bonchev–Trinajstić information content (AvgIpc) is 2.62. The molecule has 1 aromatic carbocycles. The number of carbonyl (C=O) groups is 1. The van der Waals surface area contributed by atoms with Crippen LogP contribution in [0.2, 0.25) is 0 Å². The first-order valence-corrected chi connectivity index (χ1v) is 8.01. The number of methoxy groups -OCH3 is 1. The minimum absolute atomic E-state index is 0.221. The summed E-state index contributed by atoms with van der Waals surface area (Å²) in [4.78, 5) is 14.0. The van der Waals surface area contributed by atoms with Gasteiger partial charge in [-0.1, -0.05) is 6.92 Å². The van der Waals surface area contributed by atoms with E-state index in [-0.39, 0.29) is 5.71 Å². The van der Waals surface area contributed by atoms with Crippen molar-refractivity contribution in [3.63, 3.8) is 0 Å². The third-order valence-electron chi connectivity index (χ3n) is 4.19. The Hall–Kier alpha value is -3.08. The second kappa shape index (κ2) is 8.15. The van der Waals surface area contributed by atoms with E-state index in [1.165, 1.54) is 7.11 Å². The average molecular weight is 342 g/mol. The summed E-state index contributed by atoms with van der Waals surface area (Å²) in [6.07, 6.45) is 2.16. The Morgan fingerprint density at radius 2 is 2.16 bits per heavy atom. The van der Waals surface area contributed by atoms with Gasteiger partial charge < -0.3 is 15.4 Å². The van der Waals surface area contributed by atoms with Crippen LogP contribution in [0.3, 0.4) is 0 Å². The van der Waals surface area contributed by atoms with Crippen molar-refractivity contribution in [2.75, 3.05) is 30.5 Å². The Labute approximate surface area is 146 Å². The van der Waals surface area contributed by atoms with E-state index in [9.17, 15) is 4.79 Å². The first kappa shape index (κ1) is 18.3. The van der Waals surface area contributed by atoms with Gasteiger partial charge in [-0.15, -0.1) is 0 Å². The Morgan fingerprint density at radius 1 is 1.48 bits per heavy atom. The van der Waals surface area contributed by atoms with Crippen LogP contribution in [0.15, 0.2) is 23.3 Å². The molecule has 1 saturated heterocycles. The van der Waals surface area contributed by atoms with Gasteiger partial charge in [0.25, 0.3) is 0 Å². The fourth-order valence-electron chi connectivity index (χ4n) is 2.66. The van der Waals surface area contributed by atoms with Crippen LogP contribution < -0.4 is 16.1 Å². The largest absolute Gasteiger partial charge is 0.465 e. The number of rotatable bonds is 5. The van der Waals surface area contributed by atoms with Crippen molar-refractivity contribution in [2.45, 2.75) is 19.8 Å². The summed E-state index contributed by atoms with van der Waals surface area (Å²) in [7, 11) is 1.32. The normalized spacial score (nSPS) is 15.4. The number of hydrogen-bond acceptors (Lipinski definition) is 7. The fraction of sp³-hybridized carbons (Fsp3) is 0.412. The number of carbonyl (C=O) groups excluding carboxylic acids is 1. The Kier molecular flexibility index (Phi) is 5.95. The molecule has 2 rings (SSSR count). The topological polar surface area (TPSA) is 128 Å². The van der Waals surface area contributed by atoms with E-state index in [1.807, 2.05) is 6.07 Å². The second-order valence-electron chi connectivity index (χ2n) is 5.99. The number of ether oxygens (including phenoxy) is 1. The molecular weight excluding hydrogens is 320 g/mol. The Bertz CT molecular complexity index is 729. The molecule has 0 spiro atoms.